The van der Waals surface area contributed by atoms with Gasteiger partial charge in [-0.05, 0) is 31.4 Å². The lowest BCUT2D eigenvalue weighted by Gasteiger charge is -2.19. The van der Waals surface area contributed by atoms with Crippen LogP contribution >= 0.6 is 11.3 Å². The summed E-state index contributed by atoms with van der Waals surface area (Å²) >= 11 is 1.72. The molecule has 0 spiro atoms. The second-order valence-electron chi connectivity index (χ2n) is 4.15. The van der Waals surface area contributed by atoms with Gasteiger partial charge in [-0.1, -0.05) is 24.3 Å². The molecule has 90 valence electrons. The predicted molar refractivity (Wildman–Crippen MR) is 70.7 cm³/mol. The number of rotatable bonds is 4. The van der Waals surface area contributed by atoms with Gasteiger partial charge >= 0.3 is 0 Å². The van der Waals surface area contributed by atoms with Crippen molar-refractivity contribution in [2.75, 3.05) is 0 Å². The maximum atomic E-state index is 13.6. The van der Waals surface area contributed by atoms with Crippen LogP contribution in [0.3, 0.4) is 0 Å². The number of hydrogen-bond acceptors (Lipinski definition) is 2. The summed E-state index contributed by atoms with van der Waals surface area (Å²) in [7, 11) is 0. The second kappa shape index (κ2) is 5.43. The Morgan fingerprint density at radius 3 is 2.47 bits per heavy atom. The van der Waals surface area contributed by atoms with Crippen molar-refractivity contribution >= 4 is 11.3 Å². The number of nitrogens with one attached hydrogen (secondary N) is 1. The standard InChI is InChI=1S/C14H16FNS/c1-10(12-6-3-4-7-13(12)15)16-11(2)14-8-5-9-17-14/h3-11,16H,1-2H3/t10?,11-/m0/s1. The van der Waals surface area contributed by atoms with Crippen molar-refractivity contribution in [1.82, 2.24) is 5.32 Å². The average molecular weight is 249 g/mol. The Balaban J connectivity index is 2.07. The first-order valence-corrected chi connectivity index (χ1v) is 6.60. The molecule has 0 fully saturated rings. The summed E-state index contributed by atoms with van der Waals surface area (Å²) in [5.41, 5.74) is 0.718. The van der Waals surface area contributed by atoms with Gasteiger partial charge in [-0.3, -0.25) is 0 Å². The lowest BCUT2D eigenvalue weighted by molar-refractivity contribution is 0.478. The summed E-state index contributed by atoms with van der Waals surface area (Å²) in [5.74, 6) is -0.147. The quantitative estimate of drug-likeness (QED) is 0.852. The molecule has 0 aliphatic heterocycles. The fraction of sp³-hybridized carbons (Fsp3) is 0.286. The predicted octanol–water partition coefficient (Wildman–Crippen LogP) is 4.30. The number of benzene rings is 1. The topological polar surface area (TPSA) is 12.0 Å². The highest BCUT2D eigenvalue weighted by Crippen LogP contribution is 2.23. The summed E-state index contributed by atoms with van der Waals surface area (Å²) < 4.78 is 13.6. The third-order valence-electron chi connectivity index (χ3n) is 2.84. The first-order valence-electron chi connectivity index (χ1n) is 5.72. The van der Waals surface area contributed by atoms with Crippen molar-refractivity contribution in [3.8, 4) is 0 Å². The summed E-state index contributed by atoms with van der Waals surface area (Å²) in [6, 6.07) is 11.3. The molecule has 1 unspecified atom stereocenters. The second-order valence-corrected chi connectivity index (χ2v) is 5.13. The Kier molecular flexibility index (Phi) is 3.92. The minimum absolute atomic E-state index is 0.00769. The average Bonchev–Trinajstić information content (AvgIpc) is 2.82. The third kappa shape index (κ3) is 2.93. The number of thiophene rings is 1. The molecule has 17 heavy (non-hydrogen) atoms. The largest absolute Gasteiger partial charge is 0.303 e. The minimum Gasteiger partial charge on any atom is -0.303 e. The van der Waals surface area contributed by atoms with E-state index in [-0.39, 0.29) is 17.9 Å². The van der Waals surface area contributed by atoms with E-state index in [4.69, 9.17) is 0 Å². The fourth-order valence-corrected chi connectivity index (χ4v) is 2.65. The van der Waals surface area contributed by atoms with Crippen molar-refractivity contribution < 1.29 is 4.39 Å². The molecule has 0 aliphatic rings. The van der Waals surface area contributed by atoms with Gasteiger partial charge in [0.25, 0.3) is 0 Å². The van der Waals surface area contributed by atoms with Crippen LogP contribution in [0.2, 0.25) is 0 Å². The van der Waals surface area contributed by atoms with Crippen molar-refractivity contribution in [2.45, 2.75) is 25.9 Å². The molecule has 2 rings (SSSR count). The third-order valence-corrected chi connectivity index (χ3v) is 3.90. The zero-order valence-electron chi connectivity index (χ0n) is 9.98. The van der Waals surface area contributed by atoms with Crippen LogP contribution in [0.1, 0.15) is 36.4 Å². The summed E-state index contributed by atoms with van der Waals surface area (Å²) in [6.07, 6.45) is 0. The molecule has 1 N–H and O–H groups in total. The van der Waals surface area contributed by atoms with Crippen LogP contribution in [0.4, 0.5) is 4.39 Å². The Morgan fingerprint density at radius 2 is 1.82 bits per heavy atom. The molecular formula is C14H16FNS. The van der Waals surface area contributed by atoms with Crippen LogP contribution in [-0.4, -0.2) is 0 Å². The molecule has 0 amide bonds. The van der Waals surface area contributed by atoms with E-state index in [1.807, 2.05) is 25.1 Å². The molecule has 0 saturated heterocycles. The zero-order chi connectivity index (χ0) is 12.3. The van der Waals surface area contributed by atoms with E-state index in [1.54, 1.807) is 17.4 Å². The van der Waals surface area contributed by atoms with Gasteiger partial charge in [0.2, 0.25) is 0 Å². The molecule has 0 bridgehead atoms. The highest BCUT2D eigenvalue weighted by atomic mass is 32.1. The summed E-state index contributed by atoms with van der Waals surface area (Å²) in [6.45, 7) is 4.09. The molecule has 1 nitrogen and oxygen atoms in total. The first-order chi connectivity index (χ1) is 8.18. The van der Waals surface area contributed by atoms with Gasteiger partial charge in [-0.25, -0.2) is 4.39 Å². The lowest BCUT2D eigenvalue weighted by atomic mass is 10.1. The molecule has 0 aliphatic carbocycles. The molecule has 3 heteroatoms. The van der Waals surface area contributed by atoms with E-state index in [2.05, 4.69) is 23.7 Å². The monoisotopic (exact) mass is 249 g/mol. The van der Waals surface area contributed by atoms with Crippen molar-refractivity contribution in [3.05, 3.63) is 58.0 Å². The highest BCUT2D eigenvalue weighted by Gasteiger charge is 2.14. The number of hydrogen-bond donors (Lipinski definition) is 1. The van der Waals surface area contributed by atoms with Crippen LogP contribution in [0.5, 0.6) is 0 Å². The van der Waals surface area contributed by atoms with Crippen LogP contribution in [0.15, 0.2) is 41.8 Å². The summed E-state index contributed by atoms with van der Waals surface area (Å²) in [5, 5.41) is 5.47. The van der Waals surface area contributed by atoms with Gasteiger partial charge in [0.05, 0.1) is 0 Å². The lowest BCUT2D eigenvalue weighted by Crippen LogP contribution is -2.22. The van der Waals surface area contributed by atoms with Crippen LogP contribution in [-0.2, 0) is 0 Å². The van der Waals surface area contributed by atoms with Gasteiger partial charge in [-0.15, -0.1) is 11.3 Å². The molecule has 1 heterocycles. The fourth-order valence-electron chi connectivity index (χ4n) is 1.91. The van der Waals surface area contributed by atoms with Crippen molar-refractivity contribution in [1.29, 1.82) is 0 Å². The van der Waals surface area contributed by atoms with Gasteiger partial charge in [-0.2, -0.15) is 0 Å². The van der Waals surface area contributed by atoms with Crippen LogP contribution in [0, 0.1) is 5.82 Å². The molecular weight excluding hydrogens is 233 g/mol. The van der Waals surface area contributed by atoms with E-state index in [1.165, 1.54) is 10.9 Å². The smallest absolute Gasteiger partial charge is 0.127 e. The van der Waals surface area contributed by atoms with Gasteiger partial charge in [0.15, 0.2) is 0 Å². The molecule has 0 saturated carbocycles. The Morgan fingerprint density at radius 1 is 1.06 bits per heavy atom. The SMILES string of the molecule is CC(N[C@@H](C)c1cccs1)c1ccccc1F. The normalized spacial score (nSPS) is 14.5. The molecule has 2 atom stereocenters. The molecule has 1 aromatic carbocycles. The highest BCUT2D eigenvalue weighted by molar-refractivity contribution is 7.10. The maximum Gasteiger partial charge on any atom is 0.127 e. The molecule has 0 radical (unpaired) electrons. The molecule has 2 aromatic rings. The van der Waals surface area contributed by atoms with E-state index < -0.39 is 0 Å². The van der Waals surface area contributed by atoms with Crippen LogP contribution in [0.25, 0.3) is 0 Å². The Bertz CT molecular complexity index is 467. The Labute approximate surface area is 105 Å². The van der Waals surface area contributed by atoms with Gasteiger partial charge in [0, 0.05) is 22.5 Å². The Hall–Kier alpha value is -1.19. The maximum absolute atomic E-state index is 13.6. The number of halogens is 1. The van der Waals surface area contributed by atoms with Crippen molar-refractivity contribution in [3.63, 3.8) is 0 Å². The summed E-state index contributed by atoms with van der Waals surface area (Å²) in [4.78, 5) is 1.27. The van der Waals surface area contributed by atoms with Crippen LogP contribution < -0.4 is 5.32 Å². The zero-order valence-corrected chi connectivity index (χ0v) is 10.8. The molecule has 1 aromatic heterocycles. The first kappa shape index (κ1) is 12.3. The van der Waals surface area contributed by atoms with E-state index in [9.17, 15) is 4.39 Å². The van der Waals surface area contributed by atoms with Gasteiger partial charge in [0.1, 0.15) is 5.82 Å². The van der Waals surface area contributed by atoms with E-state index >= 15 is 0 Å². The van der Waals surface area contributed by atoms with Gasteiger partial charge < -0.3 is 5.32 Å². The van der Waals surface area contributed by atoms with E-state index in [0.717, 1.165) is 5.56 Å². The van der Waals surface area contributed by atoms with Crippen molar-refractivity contribution in [2.24, 2.45) is 0 Å². The van der Waals surface area contributed by atoms with E-state index in [0.29, 0.717) is 0 Å². The minimum atomic E-state index is -0.147.